The van der Waals surface area contributed by atoms with Gasteiger partial charge in [0.15, 0.2) is 0 Å². The second-order valence-corrected chi connectivity index (χ2v) is 8.09. The smallest absolute Gasteiger partial charge is 0.321 e. The summed E-state index contributed by atoms with van der Waals surface area (Å²) in [6.45, 7) is 3.88. The van der Waals surface area contributed by atoms with E-state index in [1.807, 2.05) is 28.4 Å². The van der Waals surface area contributed by atoms with E-state index in [2.05, 4.69) is 41.5 Å². The Morgan fingerprint density at radius 1 is 1.23 bits per heavy atom. The summed E-state index contributed by atoms with van der Waals surface area (Å²) in [6, 6.07) is 12.3. The Balaban J connectivity index is 1.34. The van der Waals surface area contributed by atoms with E-state index in [4.69, 9.17) is 0 Å². The second kappa shape index (κ2) is 7.46. The maximum atomic E-state index is 12.4. The normalized spacial score (nSPS) is 15.3. The van der Waals surface area contributed by atoms with Crippen molar-refractivity contribution in [3.8, 4) is 0 Å². The van der Waals surface area contributed by atoms with Crippen molar-refractivity contribution in [1.29, 1.82) is 0 Å². The molecule has 134 valence electrons. The first kappa shape index (κ1) is 17.0. The second-order valence-electron chi connectivity index (χ2n) is 6.95. The van der Waals surface area contributed by atoms with Crippen LogP contribution in [0.15, 0.2) is 48.8 Å². The molecule has 0 bridgehead atoms. The third kappa shape index (κ3) is 3.58. The Morgan fingerprint density at radius 3 is 2.77 bits per heavy atom. The molecule has 1 aromatic carbocycles. The maximum Gasteiger partial charge on any atom is 0.321 e. The SMILES string of the molecule is Cc1c(CC2CCN(C(=O)Nc3cccnc3)CC2)sc2ccccc12. The highest BCUT2D eigenvalue weighted by atomic mass is 32.1. The molecular weight excluding hydrogens is 342 g/mol. The molecule has 5 heteroatoms. The Morgan fingerprint density at radius 2 is 2.04 bits per heavy atom. The van der Waals surface area contributed by atoms with Crippen molar-refractivity contribution in [1.82, 2.24) is 9.88 Å². The van der Waals surface area contributed by atoms with Gasteiger partial charge in [-0.25, -0.2) is 4.79 Å². The first-order valence-electron chi connectivity index (χ1n) is 9.13. The number of urea groups is 1. The van der Waals surface area contributed by atoms with Crippen molar-refractivity contribution in [3.63, 3.8) is 0 Å². The number of likely N-dealkylation sites (tertiary alicyclic amines) is 1. The molecule has 1 aliphatic rings. The monoisotopic (exact) mass is 365 g/mol. The molecule has 0 atom stereocenters. The minimum Gasteiger partial charge on any atom is -0.325 e. The average Bonchev–Trinajstić information content (AvgIpc) is 2.99. The van der Waals surface area contributed by atoms with E-state index in [0.29, 0.717) is 5.92 Å². The van der Waals surface area contributed by atoms with Crippen LogP contribution in [-0.4, -0.2) is 29.0 Å². The zero-order chi connectivity index (χ0) is 17.9. The number of fused-ring (bicyclic) bond motifs is 1. The van der Waals surface area contributed by atoms with Gasteiger partial charge in [0, 0.05) is 28.9 Å². The van der Waals surface area contributed by atoms with Crippen molar-refractivity contribution >= 4 is 33.1 Å². The minimum absolute atomic E-state index is 0.0190. The van der Waals surface area contributed by atoms with Gasteiger partial charge < -0.3 is 10.2 Å². The van der Waals surface area contributed by atoms with Crippen molar-refractivity contribution in [2.75, 3.05) is 18.4 Å². The third-order valence-corrected chi connectivity index (χ3v) is 6.53. The lowest BCUT2D eigenvalue weighted by Gasteiger charge is -2.32. The van der Waals surface area contributed by atoms with Gasteiger partial charge in [-0.1, -0.05) is 18.2 Å². The topological polar surface area (TPSA) is 45.2 Å². The van der Waals surface area contributed by atoms with Crippen molar-refractivity contribution < 1.29 is 4.79 Å². The first-order chi connectivity index (χ1) is 12.7. The number of anilines is 1. The number of aryl methyl sites for hydroxylation is 1. The number of rotatable bonds is 3. The number of benzene rings is 1. The molecule has 2 aromatic heterocycles. The summed E-state index contributed by atoms with van der Waals surface area (Å²) in [5.41, 5.74) is 2.18. The first-order valence-corrected chi connectivity index (χ1v) is 9.95. The molecule has 0 radical (unpaired) electrons. The number of nitrogens with one attached hydrogen (secondary N) is 1. The van der Waals surface area contributed by atoms with Crippen LogP contribution in [0.5, 0.6) is 0 Å². The van der Waals surface area contributed by atoms with Gasteiger partial charge in [-0.3, -0.25) is 4.98 Å². The summed E-state index contributed by atoms with van der Waals surface area (Å²) in [7, 11) is 0. The van der Waals surface area contributed by atoms with E-state index in [1.54, 1.807) is 12.4 Å². The zero-order valence-corrected chi connectivity index (χ0v) is 15.8. The Hall–Kier alpha value is -2.40. The molecule has 1 aliphatic heterocycles. The summed E-state index contributed by atoms with van der Waals surface area (Å²) in [5, 5.41) is 4.32. The molecule has 0 saturated carbocycles. The van der Waals surface area contributed by atoms with Gasteiger partial charge in [0.2, 0.25) is 0 Å². The zero-order valence-electron chi connectivity index (χ0n) is 14.9. The third-order valence-electron chi connectivity index (χ3n) is 5.23. The van der Waals surface area contributed by atoms with Crippen LogP contribution in [-0.2, 0) is 6.42 Å². The highest BCUT2D eigenvalue weighted by Crippen LogP contribution is 2.34. The van der Waals surface area contributed by atoms with Crippen molar-refractivity contribution in [2.45, 2.75) is 26.2 Å². The Labute approximate surface area is 157 Å². The van der Waals surface area contributed by atoms with Crippen LogP contribution in [0.25, 0.3) is 10.1 Å². The lowest BCUT2D eigenvalue weighted by molar-refractivity contribution is 0.182. The number of hydrogen-bond acceptors (Lipinski definition) is 3. The molecule has 3 heterocycles. The van der Waals surface area contributed by atoms with Gasteiger partial charge in [-0.15, -0.1) is 11.3 Å². The fourth-order valence-corrected chi connectivity index (χ4v) is 4.99. The highest BCUT2D eigenvalue weighted by Gasteiger charge is 2.24. The molecule has 3 aromatic rings. The molecule has 2 amide bonds. The minimum atomic E-state index is -0.0190. The number of carbonyl (C=O) groups excluding carboxylic acids is 1. The van der Waals surface area contributed by atoms with Crippen LogP contribution in [0, 0.1) is 12.8 Å². The van der Waals surface area contributed by atoms with Crippen LogP contribution < -0.4 is 5.32 Å². The van der Waals surface area contributed by atoms with E-state index in [9.17, 15) is 4.79 Å². The fourth-order valence-electron chi connectivity index (χ4n) is 3.66. The summed E-state index contributed by atoms with van der Waals surface area (Å²) >= 11 is 1.93. The summed E-state index contributed by atoms with van der Waals surface area (Å²) in [5.74, 6) is 0.657. The number of carbonyl (C=O) groups is 1. The van der Waals surface area contributed by atoms with Crippen LogP contribution in [0.2, 0.25) is 0 Å². The van der Waals surface area contributed by atoms with Gasteiger partial charge in [-0.2, -0.15) is 0 Å². The molecule has 4 nitrogen and oxygen atoms in total. The number of piperidine rings is 1. The van der Waals surface area contributed by atoms with E-state index >= 15 is 0 Å². The lowest BCUT2D eigenvalue weighted by Crippen LogP contribution is -2.41. The van der Waals surface area contributed by atoms with Gasteiger partial charge in [0.25, 0.3) is 0 Å². The van der Waals surface area contributed by atoms with Crippen molar-refractivity contribution in [2.24, 2.45) is 5.92 Å². The van der Waals surface area contributed by atoms with Crippen LogP contribution in [0.3, 0.4) is 0 Å². The number of amides is 2. The Bertz CT molecular complexity index is 898. The molecule has 0 aliphatic carbocycles. The number of aromatic nitrogens is 1. The predicted octanol–water partition coefficient (Wildman–Crippen LogP) is 5.09. The van der Waals surface area contributed by atoms with E-state index in [1.165, 1.54) is 20.5 Å². The van der Waals surface area contributed by atoms with E-state index in [-0.39, 0.29) is 6.03 Å². The Kier molecular flexibility index (Phi) is 4.89. The molecule has 1 fully saturated rings. The predicted molar refractivity (Wildman–Crippen MR) is 108 cm³/mol. The molecule has 4 rings (SSSR count). The van der Waals surface area contributed by atoms with Gasteiger partial charge in [0.05, 0.1) is 11.9 Å². The number of hydrogen-bond donors (Lipinski definition) is 1. The molecule has 0 spiro atoms. The number of thiophene rings is 1. The lowest BCUT2D eigenvalue weighted by atomic mass is 9.92. The van der Waals surface area contributed by atoms with Crippen LogP contribution >= 0.6 is 11.3 Å². The summed E-state index contributed by atoms with van der Waals surface area (Å²) < 4.78 is 1.38. The van der Waals surface area contributed by atoms with Crippen LogP contribution in [0.4, 0.5) is 10.5 Å². The number of nitrogens with zero attached hydrogens (tertiary/aromatic N) is 2. The molecule has 1 N–H and O–H groups in total. The number of pyridine rings is 1. The summed E-state index contributed by atoms with van der Waals surface area (Å²) in [4.78, 5) is 19.9. The van der Waals surface area contributed by atoms with Gasteiger partial charge in [0.1, 0.15) is 0 Å². The van der Waals surface area contributed by atoms with Crippen LogP contribution in [0.1, 0.15) is 23.3 Å². The van der Waals surface area contributed by atoms with Gasteiger partial charge >= 0.3 is 6.03 Å². The standard InChI is InChI=1S/C21H23N3OS/c1-15-18-6-2-3-7-19(18)26-20(15)13-16-8-11-24(12-9-16)21(25)23-17-5-4-10-22-14-17/h2-7,10,14,16H,8-9,11-13H2,1H3,(H,23,25). The molecular formula is C21H23N3OS. The highest BCUT2D eigenvalue weighted by molar-refractivity contribution is 7.19. The molecule has 1 saturated heterocycles. The quantitative estimate of drug-likeness (QED) is 0.702. The maximum absolute atomic E-state index is 12.4. The largest absolute Gasteiger partial charge is 0.325 e. The average molecular weight is 366 g/mol. The summed E-state index contributed by atoms with van der Waals surface area (Å²) in [6.07, 6.45) is 6.64. The van der Waals surface area contributed by atoms with Crippen molar-refractivity contribution in [3.05, 3.63) is 59.2 Å². The van der Waals surface area contributed by atoms with E-state index in [0.717, 1.165) is 38.0 Å². The van der Waals surface area contributed by atoms with Gasteiger partial charge in [-0.05, 0) is 61.3 Å². The molecule has 26 heavy (non-hydrogen) atoms. The fraction of sp³-hybridized carbons (Fsp3) is 0.333. The molecule has 0 unspecified atom stereocenters. The van der Waals surface area contributed by atoms with E-state index < -0.39 is 0 Å².